The molecule has 1 aromatic carbocycles. The van der Waals surface area contributed by atoms with E-state index in [9.17, 15) is 9.59 Å². The first-order chi connectivity index (χ1) is 8.54. The van der Waals surface area contributed by atoms with Crippen LogP contribution in [0.3, 0.4) is 0 Å². The maximum absolute atomic E-state index is 11.2. The van der Waals surface area contributed by atoms with Crippen LogP contribution in [0.2, 0.25) is 0 Å². The Hall–Kier alpha value is -0.664. The van der Waals surface area contributed by atoms with Gasteiger partial charge in [-0.2, -0.15) is 0 Å². The van der Waals surface area contributed by atoms with Gasteiger partial charge in [-0.05, 0) is 12.5 Å². The molecular formula is C13H15KNO4. The summed E-state index contributed by atoms with van der Waals surface area (Å²) in [5.74, 6) is -1.55. The fourth-order valence-electron chi connectivity index (χ4n) is 1.44. The molecule has 0 aliphatic rings. The Bertz CT molecular complexity index is 459. The van der Waals surface area contributed by atoms with Crippen LogP contribution in [0.5, 0.6) is 0 Å². The van der Waals surface area contributed by atoms with Gasteiger partial charge in [0.1, 0.15) is 6.04 Å². The van der Waals surface area contributed by atoms with Crippen LogP contribution < -0.4 is 5.32 Å². The predicted molar refractivity (Wildman–Crippen MR) is 71.5 cm³/mol. The van der Waals surface area contributed by atoms with Crippen molar-refractivity contribution in [2.45, 2.75) is 13.0 Å². The first kappa shape index (κ1) is 18.3. The number of hydrogen-bond acceptors (Lipinski definition) is 4. The summed E-state index contributed by atoms with van der Waals surface area (Å²) >= 11 is 0. The Kier molecular flexibility index (Phi) is 8.95. The van der Waals surface area contributed by atoms with Crippen LogP contribution in [-0.2, 0) is 14.3 Å². The minimum absolute atomic E-state index is 0. The molecule has 0 saturated heterocycles. The molecule has 0 heterocycles. The molecule has 0 saturated carbocycles. The van der Waals surface area contributed by atoms with E-state index in [1.807, 2.05) is 0 Å². The van der Waals surface area contributed by atoms with Crippen molar-refractivity contribution in [3.8, 4) is 0 Å². The number of allylic oxidation sites excluding steroid dienone is 1. The molecule has 5 nitrogen and oxygen atoms in total. The normalized spacial score (nSPS) is 12.0. The van der Waals surface area contributed by atoms with Gasteiger partial charge < -0.3 is 15.2 Å². The summed E-state index contributed by atoms with van der Waals surface area (Å²) in [6, 6.07) is 7.83. The van der Waals surface area contributed by atoms with E-state index in [-0.39, 0.29) is 51.4 Å². The molecule has 6 heteroatoms. The standard InChI is InChI=1S/C13H15NO4.K/c1-9(8-11(15)18-2)14-12(13(16)17)10-6-4-3-5-7-10;/h3-8,12,14H,1-2H3,(H,16,17);/t12-;/m1./s1. The molecule has 1 rings (SSSR count). The van der Waals surface area contributed by atoms with Gasteiger partial charge >= 0.3 is 11.9 Å². The number of methoxy groups -OCH3 is 1. The van der Waals surface area contributed by atoms with Crippen LogP contribution in [0.25, 0.3) is 0 Å². The maximum Gasteiger partial charge on any atom is 0.332 e. The maximum atomic E-state index is 11.2. The SMILES string of the molecule is COC(=O)C=C(C)N[C@@H](C(=O)O)c1ccccc1.[K]. The summed E-state index contributed by atoms with van der Waals surface area (Å²) in [6.07, 6.45) is 1.21. The molecule has 2 N–H and O–H groups in total. The number of esters is 1. The van der Waals surface area contributed by atoms with Crippen molar-refractivity contribution in [1.29, 1.82) is 0 Å². The van der Waals surface area contributed by atoms with Gasteiger partial charge in [0.05, 0.1) is 7.11 Å². The molecule has 0 spiro atoms. The molecule has 1 aromatic rings. The van der Waals surface area contributed by atoms with Crippen molar-refractivity contribution < 1.29 is 19.4 Å². The number of aliphatic carboxylic acids is 1. The van der Waals surface area contributed by atoms with E-state index >= 15 is 0 Å². The third-order valence-corrected chi connectivity index (χ3v) is 2.29. The third-order valence-electron chi connectivity index (χ3n) is 2.29. The Morgan fingerprint density at radius 1 is 1.32 bits per heavy atom. The smallest absolute Gasteiger partial charge is 0.332 e. The van der Waals surface area contributed by atoms with Crippen LogP contribution in [0, 0.1) is 0 Å². The monoisotopic (exact) mass is 288 g/mol. The summed E-state index contributed by atoms with van der Waals surface area (Å²) < 4.78 is 4.47. The molecule has 97 valence electrons. The Balaban J connectivity index is 0.00000324. The number of rotatable bonds is 5. The molecule has 19 heavy (non-hydrogen) atoms. The molecule has 0 amide bonds. The Labute approximate surface area is 154 Å². The number of hydrogen-bond donors (Lipinski definition) is 2. The first-order valence-corrected chi connectivity index (χ1v) is 5.35. The van der Waals surface area contributed by atoms with Crippen molar-refractivity contribution >= 4 is 63.3 Å². The van der Waals surface area contributed by atoms with Gasteiger partial charge in [-0.1, -0.05) is 30.3 Å². The molecule has 0 aromatic heterocycles. The number of nitrogens with one attached hydrogen (secondary N) is 1. The van der Waals surface area contributed by atoms with E-state index in [4.69, 9.17) is 5.11 Å². The van der Waals surface area contributed by atoms with Crippen LogP contribution in [0.4, 0.5) is 0 Å². The van der Waals surface area contributed by atoms with Gasteiger partial charge in [0.15, 0.2) is 0 Å². The average molecular weight is 288 g/mol. The fraction of sp³-hybridized carbons (Fsp3) is 0.231. The van der Waals surface area contributed by atoms with E-state index in [0.29, 0.717) is 11.3 Å². The summed E-state index contributed by atoms with van der Waals surface area (Å²) in [5, 5.41) is 11.9. The molecule has 0 fully saturated rings. The zero-order valence-electron chi connectivity index (χ0n) is 11.2. The number of carbonyl (C=O) groups excluding carboxylic acids is 1. The van der Waals surface area contributed by atoms with Crippen LogP contribution in [-0.4, -0.2) is 75.5 Å². The number of carboxylic acids is 1. The molecule has 0 aliphatic carbocycles. The summed E-state index contributed by atoms with van der Waals surface area (Å²) in [7, 11) is 1.26. The average Bonchev–Trinajstić information content (AvgIpc) is 2.36. The van der Waals surface area contributed by atoms with Crippen molar-refractivity contribution in [3.63, 3.8) is 0 Å². The van der Waals surface area contributed by atoms with Crippen molar-refractivity contribution in [3.05, 3.63) is 47.7 Å². The van der Waals surface area contributed by atoms with E-state index in [1.54, 1.807) is 37.3 Å². The Morgan fingerprint density at radius 3 is 2.37 bits per heavy atom. The van der Waals surface area contributed by atoms with E-state index < -0.39 is 18.0 Å². The van der Waals surface area contributed by atoms with Crippen LogP contribution in [0.1, 0.15) is 18.5 Å². The predicted octanol–water partition coefficient (Wildman–Crippen LogP) is 1.10. The summed E-state index contributed by atoms with van der Waals surface area (Å²) in [4.78, 5) is 22.2. The number of benzene rings is 1. The zero-order chi connectivity index (χ0) is 13.5. The van der Waals surface area contributed by atoms with Gasteiger partial charge in [0, 0.05) is 63.2 Å². The van der Waals surface area contributed by atoms with E-state index in [2.05, 4.69) is 10.1 Å². The summed E-state index contributed by atoms with van der Waals surface area (Å²) in [6.45, 7) is 1.61. The van der Waals surface area contributed by atoms with E-state index in [1.165, 1.54) is 13.2 Å². The zero-order valence-corrected chi connectivity index (χ0v) is 14.3. The van der Waals surface area contributed by atoms with Crippen molar-refractivity contribution in [1.82, 2.24) is 5.32 Å². The second-order valence-electron chi connectivity index (χ2n) is 3.68. The second-order valence-corrected chi connectivity index (χ2v) is 3.68. The molecule has 1 radical (unpaired) electrons. The van der Waals surface area contributed by atoms with Crippen LogP contribution in [0.15, 0.2) is 42.1 Å². The fourth-order valence-corrected chi connectivity index (χ4v) is 1.44. The minimum atomic E-state index is -1.01. The number of carbonyl (C=O) groups is 2. The molecular weight excluding hydrogens is 273 g/mol. The van der Waals surface area contributed by atoms with Crippen LogP contribution >= 0.6 is 0 Å². The summed E-state index contributed by atoms with van der Waals surface area (Å²) in [5.41, 5.74) is 1.04. The van der Waals surface area contributed by atoms with Crippen molar-refractivity contribution in [2.24, 2.45) is 0 Å². The second kappa shape index (κ2) is 9.27. The first-order valence-electron chi connectivity index (χ1n) is 5.35. The topological polar surface area (TPSA) is 75.6 Å². The molecule has 0 aliphatic heterocycles. The minimum Gasteiger partial charge on any atom is -0.479 e. The van der Waals surface area contributed by atoms with Gasteiger partial charge in [-0.25, -0.2) is 9.59 Å². The van der Waals surface area contributed by atoms with Gasteiger partial charge in [-0.3, -0.25) is 0 Å². The van der Waals surface area contributed by atoms with Gasteiger partial charge in [0.25, 0.3) is 0 Å². The third kappa shape index (κ3) is 6.35. The van der Waals surface area contributed by atoms with Gasteiger partial charge in [-0.15, -0.1) is 0 Å². The van der Waals surface area contributed by atoms with Crippen molar-refractivity contribution in [2.75, 3.05) is 7.11 Å². The van der Waals surface area contributed by atoms with E-state index in [0.717, 1.165) is 0 Å². The molecule has 0 bridgehead atoms. The number of ether oxygens (including phenoxy) is 1. The number of carboxylic acid groups (broad SMARTS) is 1. The quantitative estimate of drug-likeness (QED) is 0.482. The molecule has 0 unspecified atom stereocenters. The molecule has 1 atom stereocenters. The Morgan fingerprint density at radius 2 is 1.89 bits per heavy atom. The van der Waals surface area contributed by atoms with Gasteiger partial charge in [0.2, 0.25) is 0 Å². The largest absolute Gasteiger partial charge is 0.479 e.